The van der Waals surface area contributed by atoms with Crippen LogP contribution in [0.1, 0.15) is 65.5 Å². The predicted octanol–water partition coefficient (Wildman–Crippen LogP) is 1.11. The number of carbonyl (C=O) groups excluding carboxylic acids is 3. The number of aliphatic hydroxyl groups is 3. The van der Waals surface area contributed by atoms with Gasteiger partial charge >= 0.3 is 23.5 Å². The number of nitrogens with one attached hydrogen (secondary N) is 2. The molecule has 0 radical (unpaired) electrons. The number of imidazole rings is 1. The van der Waals surface area contributed by atoms with Crippen molar-refractivity contribution in [2.45, 2.75) is 96.0 Å². The lowest BCUT2D eigenvalue weighted by atomic mass is 9.87. The van der Waals surface area contributed by atoms with Crippen LogP contribution in [0.4, 0.5) is 5.82 Å². The number of aliphatic hydroxyl groups excluding tert-OH is 3. The van der Waals surface area contributed by atoms with Crippen molar-refractivity contribution < 1.29 is 85.6 Å². The van der Waals surface area contributed by atoms with Crippen molar-refractivity contribution in [3.05, 3.63) is 37.0 Å². The van der Waals surface area contributed by atoms with Crippen molar-refractivity contribution in [1.82, 2.24) is 30.2 Å². The fourth-order valence-corrected chi connectivity index (χ4v) is 8.97. The number of unbranched alkanes of at least 4 members (excludes halogenated alkanes) is 1. The van der Waals surface area contributed by atoms with Crippen LogP contribution in [0.15, 0.2) is 37.0 Å². The molecular formula is C33H54N7O18P3S. The first-order chi connectivity index (χ1) is 29.0. The van der Waals surface area contributed by atoms with Crippen LogP contribution in [0.3, 0.4) is 0 Å². The average Bonchev–Trinajstić information content (AvgIpc) is 3.75. The summed E-state index contributed by atoms with van der Waals surface area (Å²) >= 11 is 0.870. The molecule has 0 spiro atoms. The third kappa shape index (κ3) is 17.5. The zero-order valence-corrected chi connectivity index (χ0v) is 37.4. The number of nitrogen functional groups attached to an aromatic ring is 1. The lowest BCUT2D eigenvalue weighted by Crippen LogP contribution is -2.46. The van der Waals surface area contributed by atoms with Gasteiger partial charge in [0.2, 0.25) is 16.9 Å². The van der Waals surface area contributed by atoms with E-state index in [1.54, 1.807) is 0 Å². The van der Waals surface area contributed by atoms with Crippen molar-refractivity contribution in [2.24, 2.45) is 5.41 Å². The van der Waals surface area contributed by atoms with Crippen LogP contribution in [0.25, 0.3) is 11.2 Å². The number of phosphoric ester groups is 3. The summed E-state index contributed by atoms with van der Waals surface area (Å²) in [5.41, 5.74) is 4.23. The minimum absolute atomic E-state index is 0.0248. The average molecular weight is 962 g/mol. The highest BCUT2D eigenvalue weighted by molar-refractivity contribution is 8.13. The first-order valence-electron chi connectivity index (χ1n) is 19.0. The Labute approximate surface area is 360 Å². The number of hydrogen-bond donors (Lipinski definition) is 10. The largest absolute Gasteiger partial charge is 0.481 e. The van der Waals surface area contributed by atoms with Crippen molar-refractivity contribution in [3.8, 4) is 0 Å². The van der Waals surface area contributed by atoms with Gasteiger partial charge in [0.05, 0.1) is 19.5 Å². The Morgan fingerprint density at radius 1 is 1.00 bits per heavy atom. The number of carbonyl (C=O) groups is 3. The van der Waals surface area contributed by atoms with E-state index in [0.29, 0.717) is 6.42 Å². The molecule has 29 heteroatoms. The summed E-state index contributed by atoms with van der Waals surface area (Å²) in [5, 5.41) is 36.0. The van der Waals surface area contributed by atoms with Gasteiger partial charge in [0.25, 0.3) is 0 Å². The van der Waals surface area contributed by atoms with Gasteiger partial charge in [-0.3, -0.25) is 32.5 Å². The number of thioether (sulfide) groups is 1. The molecule has 62 heavy (non-hydrogen) atoms. The highest BCUT2D eigenvalue weighted by atomic mass is 32.2. The molecule has 11 N–H and O–H groups in total. The maximum atomic E-state index is 12.7. The number of amides is 2. The van der Waals surface area contributed by atoms with E-state index in [-0.39, 0.29) is 48.7 Å². The topological polar surface area (TPSA) is 384 Å². The monoisotopic (exact) mass is 961 g/mol. The second-order valence-corrected chi connectivity index (χ2v) is 19.6. The van der Waals surface area contributed by atoms with E-state index in [1.807, 2.05) is 12.2 Å². The molecule has 25 nitrogen and oxygen atoms in total. The van der Waals surface area contributed by atoms with Crippen molar-refractivity contribution in [2.75, 3.05) is 37.8 Å². The number of nitrogens with zero attached hydrogens (tertiary/aromatic N) is 4. The summed E-state index contributed by atoms with van der Waals surface area (Å²) in [6.45, 7) is 2.39. The second-order valence-electron chi connectivity index (χ2n) is 14.3. The maximum absolute atomic E-state index is 12.7. The standard InChI is InChI=1S/C33H54N7O18P3S/c1-4-5-6-7-8-9-10-11-12-21(41)32(46)62-16-15-35-23(42)13-14-36-30(45)27(44)33(2,3)18-55-61(52,53)58-60(50,51)54-17-22-26(57-59(47,48)49)25(43)31(56-22)40-20-39-24-28(34)37-19-38-29(24)40/h6-7,9-10,19-22,25-27,31,41,43-44H,4-5,8,11-18H2,1-3H3,(H,35,42)(H,36,45)(H,50,51)(H,52,53)(H2,34,37,38)(H2,47,48,49)/b7-6+,10-9+. The summed E-state index contributed by atoms with van der Waals surface area (Å²) in [5.74, 6) is -1.34. The summed E-state index contributed by atoms with van der Waals surface area (Å²) in [6, 6.07) is 0. The van der Waals surface area contributed by atoms with Gasteiger partial charge in [-0.2, -0.15) is 4.31 Å². The number of ether oxygens (including phenoxy) is 1. The highest BCUT2D eigenvalue weighted by Crippen LogP contribution is 2.61. The highest BCUT2D eigenvalue weighted by Gasteiger charge is 2.50. The number of hydrogen-bond acceptors (Lipinski definition) is 19. The van der Waals surface area contributed by atoms with E-state index >= 15 is 0 Å². The number of nitrogens with two attached hydrogens (primary N) is 1. The van der Waals surface area contributed by atoms with E-state index < -0.39 is 95.8 Å². The Morgan fingerprint density at radius 2 is 1.68 bits per heavy atom. The van der Waals surface area contributed by atoms with Gasteiger partial charge < -0.3 is 56.0 Å². The molecule has 3 rings (SSSR count). The van der Waals surface area contributed by atoms with Crippen molar-refractivity contribution in [1.29, 1.82) is 0 Å². The second kappa shape index (κ2) is 24.3. The summed E-state index contributed by atoms with van der Waals surface area (Å²) in [7, 11) is -16.4. The molecule has 0 aromatic carbocycles. The Hall–Kier alpha value is -3.00. The minimum atomic E-state index is -5.59. The normalized spacial score (nSPS) is 21.5. The van der Waals surface area contributed by atoms with Crippen LogP contribution >= 0.6 is 35.2 Å². The zero-order valence-electron chi connectivity index (χ0n) is 33.9. The van der Waals surface area contributed by atoms with Crippen LogP contribution in [-0.2, 0) is 50.7 Å². The fourth-order valence-electron chi connectivity index (χ4n) is 5.42. The minimum Gasteiger partial charge on any atom is -0.386 e. The molecule has 1 fully saturated rings. The zero-order chi connectivity index (χ0) is 46.3. The molecule has 1 aliphatic rings. The molecule has 0 aliphatic carbocycles. The van der Waals surface area contributed by atoms with E-state index in [1.165, 1.54) is 13.8 Å². The van der Waals surface area contributed by atoms with E-state index in [4.69, 9.17) is 19.5 Å². The van der Waals surface area contributed by atoms with E-state index in [9.17, 15) is 63.0 Å². The lowest BCUT2D eigenvalue weighted by Gasteiger charge is -2.30. The van der Waals surface area contributed by atoms with Crippen molar-refractivity contribution in [3.63, 3.8) is 0 Å². The first-order valence-corrected chi connectivity index (χ1v) is 24.5. The Morgan fingerprint density at radius 3 is 2.35 bits per heavy atom. The van der Waals surface area contributed by atoms with Gasteiger partial charge in [-0.25, -0.2) is 28.6 Å². The quantitative estimate of drug-likeness (QED) is 0.0340. The third-order valence-corrected chi connectivity index (χ3v) is 12.8. The Kier molecular flexibility index (Phi) is 20.9. The molecule has 8 unspecified atom stereocenters. The summed E-state index contributed by atoms with van der Waals surface area (Å²) in [6.07, 6.45) is 3.51. The van der Waals surface area contributed by atoms with Gasteiger partial charge in [-0.1, -0.05) is 63.3 Å². The van der Waals surface area contributed by atoms with Gasteiger partial charge in [0, 0.05) is 30.7 Å². The summed E-state index contributed by atoms with van der Waals surface area (Å²) in [4.78, 5) is 88.0. The number of anilines is 1. The molecule has 3 heterocycles. The number of phosphoric acid groups is 3. The lowest BCUT2D eigenvalue weighted by molar-refractivity contribution is -0.137. The van der Waals surface area contributed by atoms with Gasteiger partial charge in [-0.05, 0) is 25.7 Å². The van der Waals surface area contributed by atoms with Gasteiger partial charge in [0.1, 0.15) is 42.4 Å². The molecular weight excluding hydrogens is 907 g/mol. The number of aromatic nitrogens is 4. The van der Waals surface area contributed by atoms with Crippen LogP contribution in [-0.4, -0.2) is 134 Å². The first kappa shape index (κ1) is 53.3. The molecule has 1 saturated heterocycles. The maximum Gasteiger partial charge on any atom is 0.481 e. The molecule has 2 aromatic heterocycles. The van der Waals surface area contributed by atoms with Gasteiger partial charge in [0.15, 0.2) is 17.7 Å². The number of fused-ring (bicyclic) bond motifs is 1. The smallest absolute Gasteiger partial charge is 0.386 e. The molecule has 8 atom stereocenters. The van der Waals surface area contributed by atoms with Crippen LogP contribution in [0.5, 0.6) is 0 Å². The molecule has 2 aromatic rings. The van der Waals surface area contributed by atoms with Crippen LogP contribution in [0, 0.1) is 5.41 Å². The SMILES string of the molecule is CCC/C=C/C/C=C/CCC(O)C(=O)SCCNC(=O)CCNC(=O)C(O)C(C)(C)COP(=O)(O)OP(=O)(O)OCC1OC(n2cnc3c(N)ncnc32)C(O)C1OP(=O)(O)O. The van der Waals surface area contributed by atoms with Gasteiger partial charge in [-0.15, -0.1) is 0 Å². The van der Waals surface area contributed by atoms with E-state index in [2.05, 4.69) is 53.5 Å². The Balaban J connectivity index is 1.41. The molecule has 0 saturated carbocycles. The molecule has 0 bridgehead atoms. The number of rotatable bonds is 27. The van der Waals surface area contributed by atoms with Crippen molar-refractivity contribution >= 4 is 69.1 Å². The molecule has 1 aliphatic heterocycles. The summed E-state index contributed by atoms with van der Waals surface area (Å²) < 4.78 is 62.2. The predicted molar refractivity (Wildman–Crippen MR) is 220 cm³/mol. The third-order valence-electron chi connectivity index (χ3n) is 8.69. The molecule has 350 valence electrons. The number of allylic oxidation sites excluding steroid dienone is 4. The fraction of sp³-hybridized carbons (Fsp3) is 0.636. The molecule has 2 amide bonds. The van der Waals surface area contributed by atoms with Crippen LogP contribution in [0.2, 0.25) is 0 Å². The Bertz CT molecular complexity index is 2020. The van der Waals surface area contributed by atoms with Crippen LogP contribution < -0.4 is 16.4 Å². The van der Waals surface area contributed by atoms with E-state index in [0.717, 1.165) is 48.2 Å².